The lowest BCUT2D eigenvalue weighted by atomic mass is 10.3. The van der Waals surface area contributed by atoms with Gasteiger partial charge in [0.15, 0.2) is 0 Å². The van der Waals surface area contributed by atoms with Crippen molar-refractivity contribution in [1.82, 2.24) is 4.90 Å². The fraction of sp³-hybridized carbons (Fsp3) is 0.364. The smallest absolute Gasteiger partial charge is 0.321 e. The van der Waals surface area contributed by atoms with Gasteiger partial charge >= 0.3 is 6.03 Å². The van der Waals surface area contributed by atoms with Gasteiger partial charge in [-0.05, 0) is 25.1 Å². The Morgan fingerprint density at radius 2 is 2.25 bits per heavy atom. The monoisotopic (exact) mass is 242 g/mol. The van der Waals surface area contributed by atoms with E-state index in [2.05, 4.69) is 5.32 Å². The maximum atomic E-state index is 11.5. The predicted molar refractivity (Wildman–Crippen MR) is 65.3 cm³/mol. The summed E-state index contributed by atoms with van der Waals surface area (Å²) in [5.41, 5.74) is 0.649. The van der Waals surface area contributed by atoms with Gasteiger partial charge in [-0.2, -0.15) is 0 Å². The number of amides is 2. The summed E-state index contributed by atoms with van der Waals surface area (Å²) < 4.78 is 5.02. The van der Waals surface area contributed by atoms with E-state index in [1.54, 1.807) is 37.3 Å². The summed E-state index contributed by atoms with van der Waals surface area (Å²) in [7, 11) is 3.27. The summed E-state index contributed by atoms with van der Waals surface area (Å²) in [6.07, 6.45) is 0. The molecule has 0 atom stereocenters. The summed E-state index contributed by atoms with van der Waals surface area (Å²) in [4.78, 5) is 13.1. The minimum Gasteiger partial charge on any atom is -0.495 e. The molecule has 0 fully saturated rings. The summed E-state index contributed by atoms with van der Waals surface area (Å²) in [5, 5.41) is 3.20. The van der Waals surface area contributed by atoms with Crippen LogP contribution in [0.15, 0.2) is 18.2 Å². The van der Waals surface area contributed by atoms with E-state index in [1.165, 1.54) is 0 Å². The number of anilines is 1. The van der Waals surface area contributed by atoms with Crippen molar-refractivity contribution in [2.24, 2.45) is 0 Å². The Bertz CT molecular complexity index is 382. The number of carbonyl (C=O) groups is 1. The zero-order chi connectivity index (χ0) is 12.1. The molecular weight excluding hydrogens is 228 g/mol. The van der Waals surface area contributed by atoms with Gasteiger partial charge in [0.2, 0.25) is 0 Å². The summed E-state index contributed by atoms with van der Waals surface area (Å²) in [6.45, 7) is 2.55. The Hall–Kier alpha value is -1.42. The van der Waals surface area contributed by atoms with Crippen molar-refractivity contribution in [3.8, 4) is 5.75 Å². The van der Waals surface area contributed by atoms with Gasteiger partial charge < -0.3 is 15.0 Å². The van der Waals surface area contributed by atoms with Crippen LogP contribution in [-0.2, 0) is 0 Å². The highest BCUT2D eigenvalue weighted by Gasteiger charge is 2.08. The molecule has 5 heteroatoms. The standard InChI is InChI=1S/C11H15ClN2O2/c1-4-14(2)11(15)13-8-5-6-10(16-3)9(12)7-8/h5-7H,4H2,1-3H3,(H,13,15). The molecule has 0 radical (unpaired) electrons. The van der Waals surface area contributed by atoms with Crippen LogP contribution in [0.5, 0.6) is 5.75 Å². The summed E-state index contributed by atoms with van der Waals surface area (Å²) in [6, 6.07) is 4.95. The number of hydrogen-bond acceptors (Lipinski definition) is 2. The van der Waals surface area contributed by atoms with Crippen LogP contribution in [0.3, 0.4) is 0 Å². The van der Waals surface area contributed by atoms with Crippen molar-refractivity contribution in [3.63, 3.8) is 0 Å². The molecule has 2 amide bonds. The lowest BCUT2D eigenvalue weighted by molar-refractivity contribution is 0.224. The lowest BCUT2D eigenvalue weighted by Gasteiger charge is -2.15. The topological polar surface area (TPSA) is 41.6 Å². The molecule has 1 aromatic rings. The van der Waals surface area contributed by atoms with Gasteiger partial charge in [-0.1, -0.05) is 11.6 Å². The van der Waals surface area contributed by atoms with Crippen molar-refractivity contribution >= 4 is 23.3 Å². The first kappa shape index (κ1) is 12.6. The minimum atomic E-state index is -0.163. The van der Waals surface area contributed by atoms with E-state index in [0.29, 0.717) is 23.0 Å². The molecule has 0 aliphatic heterocycles. The van der Waals surface area contributed by atoms with Crippen LogP contribution in [0, 0.1) is 0 Å². The zero-order valence-corrected chi connectivity index (χ0v) is 10.3. The van der Waals surface area contributed by atoms with Crippen molar-refractivity contribution < 1.29 is 9.53 Å². The van der Waals surface area contributed by atoms with Crippen molar-refractivity contribution in [3.05, 3.63) is 23.2 Å². The van der Waals surface area contributed by atoms with Gasteiger partial charge in [0.25, 0.3) is 0 Å². The molecule has 0 unspecified atom stereocenters. The molecule has 0 aliphatic rings. The first-order valence-corrected chi connectivity index (χ1v) is 5.32. The normalized spacial score (nSPS) is 9.75. The maximum absolute atomic E-state index is 11.5. The van der Waals surface area contributed by atoms with Crippen LogP contribution in [0.25, 0.3) is 0 Å². The van der Waals surface area contributed by atoms with E-state index in [-0.39, 0.29) is 6.03 Å². The van der Waals surface area contributed by atoms with E-state index in [4.69, 9.17) is 16.3 Å². The third kappa shape index (κ3) is 3.03. The fourth-order valence-electron chi connectivity index (χ4n) is 1.11. The summed E-state index contributed by atoms with van der Waals surface area (Å²) >= 11 is 5.94. The average molecular weight is 243 g/mol. The Morgan fingerprint density at radius 1 is 1.56 bits per heavy atom. The lowest BCUT2D eigenvalue weighted by Crippen LogP contribution is -2.30. The molecule has 1 aromatic carbocycles. The number of nitrogens with zero attached hydrogens (tertiary/aromatic N) is 1. The molecule has 88 valence electrons. The number of benzene rings is 1. The van der Waals surface area contributed by atoms with Crippen LogP contribution < -0.4 is 10.1 Å². The number of nitrogens with one attached hydrogen (secondary N) is 1. The van der Waals surface area contributed by atoms with Crippen molar-refractivity contribution in [2.75, 3.05) is 26.0 Å². The number of ether oxygens (including phenoxy) is 1. The predicted octanol–water partition coefficient (Wildman–Crippen LogP) is 2.83. The second-order valence-electron chi connectivity index (χ2n) is 3.29. The van der Waals surface area contributed by atoms with Crippen LogP contribution in [0.4, 0.5) is 10.5 Å². The highest BCUT2D eigenvalue weighted by molar-refractivity contribution is 6.32. The molecule has 0 saturated carbocycles. The fourth-order valence-corrected chi connectivity index (χ4v) is 1.36. The molecule has 16 heavy (non-hydrogen) atoms. The third-order valence-corrected chi connectivity index (χ3v) is 2.52. The second-order valence-corrected chi connectivity index (χ2v) is 3.70. The number of rotatable bonds is 3. The first-order valence-electron chi connectivity index (χ1n) is 4.94. The largest absolute Gasteiger partial charge is 0.495 e. The zero-order valence-electron chi connectivity index (χ0n) is 9.58. The Morgan fingerprint density at radius 3 is 2.75 bits per heavy atom. The molecule has 0 aromatic heterocycles. The van der Waals surface area contributed by atoms with E-state index in [0.717, 1.165) is 0 Å². The minimum absolute atomic E-state index is 0.163. The molecule has 0 heterocycles. The van der Waals surface area contributed by atoms with Crippen LogP contribution in [0.2, 0.25) is 5.02 Å². The highest BCUT2D eigenvalue weighted by Crippen LogP contribution is 2.27. The van der Waals surface area contributed by atoms with Gasteiger partial charge in [0.05, 0.1) is 12.1 Å². The van der Waals surface area contributed by atoms with Crippen molar-refractivity contribution in [1.29, 1.82) is 0 Å². The van der Waals surface area contributed by atoms with Gasteiger partial charge in [0, 0.05) is 19.3 Å². The average Bonchev–Trinajstić information content (AvgIpc) is 2.28. The molecule has 1 rings (SSSR count). The molecule has 4 nitrogen and oxygen atoms in total. The van der Waals surface area contributed by atoms with Gasteiger partial charge in [-0.15, -0.1) is 0 Å². The quantitative estimate of drug-likeness (QED) is 0.886. The Labute approximate surface area is 100 Å². The van der Waals surface area contributed by atoms with Crippen LogP contribution in [0.1, 0.15) is 6.92 Å². The van der Waals surface area contributed by atoms with Crippen molar-refractivity contribution in [2.45, 2.75) is 6.92 Å². The van der Waals surface area contributed by atoms with Gasteiger partial charge in [0.1, 0.15) is 5.75 Å². The Kier molecular flexibility index (Phi) is 4.43. The third-order valence-electron chi connectivity index (χ3n) is 2.22. The molecule has 1 N–H and O–H groups in total. The highest BCUT2D eigenvalue weighted by atomic mass is 35.5. The van der Waals surface area contributed by atoms with Crippen LogP contribution in [-0.4, -0.2) is 31.6 Å². The number of carbonyl (C=O) groups excluding carboxylic acids is 1. The molecule has 0 aliphatic carbocycles. The molecule has 0 bridgehead atoms. The Balaban J connectivity index is 2.75. The first-order chi connectivity index (χ1) is 7.58. The summed E-state index contributed by atoms with van der Waals surface area (Å²) in [5.74, 6) is 0.587. The number of urea groups is 1. The van der Waals surface area contributed by atoms with E-state index in [1.807, 2.05) is 6.92 Å². The van der Waals surface area contributed by atoms with Gasteiger partial charge in [-0.25, -0.2) is 4.79 Å². The molecular formula is C11H15ClN2O2. The van der Waals surface area contributed by atoms with E-state index < -0.39 is 0 Å². The number of halogens is 1. The maximum Gasteiger partial charge on any atom is 0.321 e. The van der Waals surface area contributed by atoms with E-state index >= 15 is 0 Å². The number of hydrogen-bond donors (Lipinski definition) is 1. The molecule has 0 saturated heterocycles. The van der Waals surface area contributed by atoms with E-state index in [9.17, 15) is 4.79 Å². The second kappa shape index (κ2) is 5.61. The molecule has 0 spiro atoms. The van der Waals surface area contributed by atoms with Crippen LogP contribution >= 0.6 is 11.6 Å². The number of methoxy groups -OCH3 is 1. The van der Waals surface area contributed by atoms with Gasteiger partial charge in [-0.3, -0.25) is 0 Å². The SMILES string of the molecule is CCN(C)C(=O)Nc1ccc(OC)c(Cl)c1.